The number of nitrogens with zero attached hydrogens (tertiary/aromatic N) is 3. The van der Waals surface area contributed by atoms with Gasteiger partial charge in [0.25, 0.3) is 0 Å². The Morgan fingerprint density at radius 3 is 2.88 bits per heavy atom. The van der Waals surface area contributed by atoms with Gasteiger partial charge in [0.05, 0.1) is 5.02 Å². The van der Waals surface area contributed by atoms with Gasteiger partial charge in [-0.25, -0.2) is 9.38 Å². The molecule has 25 heavy (non-hydrogen) atoms. The van der Waals surface area contributed by atoms with E-state index in [1.54, 1.807) is 26.2 Å². The van der Waals surface area contributed by atoms with Crippen LogP contribution in [0.3, 0.4) is 0 Å². The van der Waals surface area contributed by atoms with Crippen molar-refractivity contribution in [3.8, 4) is 0 Å². The number of aliphatic imine (C=N–C) groups is 1. The monoisotopic (exact) mass is 369 g/mol. The van der Waals surface area contributed by atoms with Crippen molar-refractivity contribution in [3.63, 3.8) is 0 Å². The molecule has 1 heterocycles. The van der Waals surface area contributed by atoms with E-state index in [-0.39, 0.29) is 23.5 Å². The fourth-order valence-corrected chi connectivity index (χ4v) is 2.77. The van der Waals surface area contributed by atoms with Gasteiger partial charge in [0, 0.05) is 45.5 Å². The third-order valence-electron chi connectivity index (χ3n) is 4.01. The van der Waals surface area contributed by atoms with Crippen molar-refractivity contribution >= 4 is 29.2 Å². The van der Waals surface area contributed by atoms with E-state index < -0.39 is 5.82 Å². The third-order valence-corrected chi connectivity index (χ3v) is 4.30. The molecular weight excluding hydrogens is 345 g/mol. The van der Waals surface area contributed by atoms with Crippen molar-refractivity contribution in [1.29, 1.82) is 0 Å². The zero-order valence-corrected chi connectivity index (χ0v) is 15.6. The van der Waals surface area contributed by atoms with E-state index in [2.05, 4.69) is 20.5 Å². The zero-order valence-electron chi connectivity index (χ0n) is 14.9. The second-order valence-electron chi connectivity index (χ2n) is 6.16. The first-order chi connectivity index (χ1) is 11.9. The molecule has 1 unspecified atom stereocenters. The molecule has 0 bridgehead atoms. The Hall–Kier alpha value is -2.02. The molecule has 0 radical (unpaired) electrons. The molecule has 138 valence electrons. The van der Waals surface area contributed by atoms with E-state index in [0.717, 1.165) is 25.2 Å². The Morgan fingerprint density at radius 1 is 1.48 bits per heavy atom. The number of likely N-dealkylation sites (N-methyl/N-ethyl adjacent to an activating group) is 1. The van der Waals surface area contributed by atoms with Gasteiger partial charge in [0.1, 0.15) is 12.4 Å². The molecule has 0 aliphatic carbocycles. The first-order valence-corrected chi connectivity index (χ1v) is 8.73. The fourth-order valence-electron chi connectivity index (χ4n) is 2.60. The number of amides is 1. The highest BCUT2D eigenvalue weighted by atomic mass is 35.5. The summed E-state index contributed by atoms with van der Waals surface area (Å²) in [7, 11) is 3.42. The summed E-state index contributed by atoms with van der Waals surface area (Å²) in [5, 5.41) is 6.64. The third kappa shape index (κ3) is 5.49. The van der Waals surface area contributed by atoms with Crippen LogP contribution in [0.25, 0.3) is 0 Å². The second-order valence-corrected chi connectivity index (χ2v) is 6.56. The Labute approximate surface area is 153 Å². The van der Waals surface area contributed by atoms with Crippen LogP contribution in [0.5, 0.6) is 0 Å². The lowest BCUT2D eigenvalue weighted by molar-refractivity contribution is -0.127. The van der Waals surface area contributed by atoms with Crippen molar-refractivity contribution in [2.45, 2.75) is 19.4 Å². The summed E-state index contributed by atoms with van der Waals surface area (Å²) in [6, 6.07) is 4.96. The van der Waals surface area contributed by atoms with Gasteiger partial charge in [0.15, 0.2) is 5.96 Å². The van der Waals surface area contributed by atoms with E-state index in [4.69, 9.17) is 11.6 Å². The highest BCUT2D eigenvalue weighted by Crippen LogP contribution is 2.25. The molecule has 8 heteroatoms. The SMILES string of the molecule is CCNC(=NCC(=O)N(C)C)NC1CCN(c2ccc(F)c(Cl)c2)C1. The lowest BCUT2D eigenvalue weighted by atomic mass is 10.2. The predicted molar refractivity (Wildman–Crippen MR) is 99.8 cm³/mol. The van der Waals surface area contributed by atoms with Gasteiger partial charge >= 0.3 is 0 Å². The number of guanidine groups is 1. The van der Waals surface area contributed by atoms with Crippen LogP contribution in [0.1, 0.15) is 13.3 Å². The second kappa shape index (κ2) is 8.89. The molecule has 0 aromatic heterocycles. The maximum absolute atomic E-state index is 13.3. The number of rotatable bonds is 5. The highest BCUT2D eigenvalue weighted by molar-refractivity contribution is 6.31. The van der Waals surface area contributed by atoms with Crippen LogP contribution >= 0.6 is 11.6 Å². The van der Waals surface area contributed by atoms with Crippen molar-refractivity contribution in [2.24, 2.45) is 4.99 Å². The minimum absolute atomic E-state index is 0.0498. The molecule has 1 saturated heterocycles. The van der Waals surface area contributed by atoms with E-state index in [0.29, 0.717) is 12.5 Å². The Balaban J connectivity index is 1.96. The summed E-state index contributed by atoms with van der Waals surface area (Å²) in [5.74, 6) is 0.166. The number of benzene rings is 1. The van der Waals surface area contributed by atoms with Gasteiger partial charge in [-0.15, -0.1) is 0 Å². The Kier molecular flexibility index (Phi) is 6.87. The molecule has 1 amide bonds. The molecule has 1 atom stereocenters. The molecule has 1 aromatic carbocycles. The van der Waals surface area contributed by atoms with Crippen LogP contribution in [0.2, 0.25) is 5.02 Å². The Bertz CT molecular complexity index is 637. The number of halogens is 2. The van der Waals surface area contributed by atoms with Crippen LogP contribution in [0.4, 0.5) is 10.1 Å². The van der Waals surface area contributed by atoms with Gasteiger partial charge in [-0.2, -0.15) is 0 Å². The van der Waals surface area contributed by atoms with Crippen LogP contribution in [0, 0.1) is 5.82 Å². The molecule has 0 saturated carbocycles. The molecule has 1 aromatic rings. The van der Waals surface area contributed by atoms with Crippen molar-refractivity contribution in [2.75, 3.05) is 45.2 Å². The minimum atomic E-state index is -0.411. The number of carbonyl (C=O) groups is 1. The number of anilines is 1. The van der Waals surface area contributed by atoms with Crippen molar-refractivity contribution in [1.82, 2.24) is 15.5 Å². The lowest BCUT2D eigenvalue weighted by Gasteiger charge is -2.20. The summed E-state index contributed by atoms with van der Waals surface area (Å²) in [6.45, 7) is 4.40. The predicted octanol–water partition coefficient (Wildman–Crippen LogP) is 1.70. The fraction of sp³-hybridized carbons (Fsp3) is 0.529. The highest BCUT2D eigenvalue weighted by Gasteiger charge is 2.24. The first kappa shape index (κ1) is 19.3. The summed E-state index contributed by atoms with van der Waals surface area (Å²) in [6.07, 6.45) is 0.918. The average molecular weight is 370 g/mol. The lowest BCUT2D eigenvalue weighted by Crippen LogP contribution is -2.45. The summed E-state index contributed by atoms with van der Waals surface area (Å²) < 4.78 is 13.3. The van der Waals surface area contributed by atoms with Crippen LogP contribution in [0.15, 0.2) is 23.2 Å². The maximum Gasteiger partial charge on any atom is 0.243 e. The van der Waals surface area contributed by atoms with E-state index in [1.165, 1.54) is 11.0 Å². The largest absolute Gasteiger partial charge is 0.369 e. The van der Waals surface area contributed by atoms with Crippen LogP contribution < -0.4 is 15.5 Å². The number of hydrogen-bond donors (Lipinski definition) is 2. The minimum Gasteiger partial charge on any atom is -0.369 e. The van der Waals surface area contributed by atoms with Crippen molar-refractivity contribution in [3.05, 3.63) is 29.0 Å². The van der Waals surface area contributed by atoms with E-state index in [9.17, 15) is 9.18 Å². The van der Waals surface area contributed by atoms with Gasteiger partial charge < -0.3 is 20.4 Å². The topological polar surface area (TPSA) is 60.0 Å². The number of carbonyl (C=O) groups excluding carboxylic acids is 1. The molecule has 0 spiro atoms. The van der Waals surface area contributed by atoms with Gasteiger partial charge in [-0.05, 0) is 31.5 Å². The maximum atomic E-state index is 13.3. The normalized spacial score (nSPS) is 17.6. The summed E-state index contributed by atoms with van der Waals surface area (Å²) in [5.41, 5.74) is 0.903. The zero-order chi connectivity index (χ0) is 18.4. The number of nitrogens with one attached hydrogen (secondary N) is 2. The molecule has 6 nitrogen and oxygen atoms in total. The smallest absolute Gasteiger partial charge is 0.243 e. The van der Waals surface area contributed by atoms with Crippen LogP contribution in [-0.2, 0) is 4.79 Å². The first-order valence-electron chi connectivity index (χ1n) is 8.35. The molecular formula is C17H25ClFN5O. The Morgan fingerprint density at radius 2 is 2.24 bits per heavy atom. The molecule has 1 fully saturated rings. The quantitative estimate of drug-likeness (QED) is 0.612. The van der Waals surface area contributed by atoms with E-state index >= 15 is 0 Å². The summed E-state index contributed by atoms with van der Waals surface area (Å²) in [4.78, 5) is 19.7. The molecule has 1 aliphatic heterocycles. The molecule has 1 aliphatic rings. The molecule has 2 rings (SSSR count). The number of hydrogen-bond acceptors (Lipinski definition) is 3. The standard InChI is InChI=1S/C17H25ClFN5O/c1-4-20-17(21-10-16(25)23(2)3)22-12-7-8-24(11-12)13-5-6-15(19)14(18)9-13/h5-6,9,12H,4,7-8,10-11H2,1-3H3,(H2,20,21,22). The molecule has 2 N–H and O–H groups in total. The van der Waals surface area contributed by atoms with Crippen molar-refractivity contribution < 1.29 is 9.18 Å². The van der Waals surface area contributed by atoms with E-state index in [1.807, 2.05) is 6.92 Å². The van der Waals surface area contributed by atoms with Gasteiger partial charge in [-0.1, -0.05) is 11.6 Å². The van der Waals surface area contributed by atoms with Gasteiger partial charge in [-0.3, -0.25) is 4.79 Å². The van der Waals surface area contributed by atoms with Gasteiger partial charge in [0.2, 0.25) is 5.91 Å². The van der Waals surface area contributed by atoms with Crippen LogP contribution in [-0.4, -0.2) is 63.1 Å². The summed E-state index contributed by atoms with van der Waals surface area (Å²) >= 11 is 5.87. The average Bonchev–Trinajstić information content (AvgIpc) is 3.03.